The fourth-order valence-corrected chi connectivity index (χ4v) is 4.66. The smallest absolute Gasteiger partial charge is 0.276 e. The minimum absolute atomic E-state index is 0.153. The van der Waals surface area contributed by atoms with Crippen LogP contribution in [0.25, 0.3) is 0 Å². The number of rotatable bonds is 2. The molecular weight excluding hydrogens is 373 g/mol. The molecule has 0 radical (unpaired) electrons. The van der Waals surface area contributed by atoms with Crippen molar-refractivity contribution in [2.75, 3.05) is 11.9 Å². The molecule has 2 atom stereocenters. The van der Waals surface area contributed by atoms with E-state index in [1.165, 1.54) is 18.5 Å². The number of hydrogen-bond acceptors (Lipinski definition) is 4. The monoisotopic (exact) mass is 391 g/mol. The Balaban J connectivity index is 1.69. The van der Waals surface area contributed by atoms with Crippen LogP contribution in [0.15, 0.2) is 59.3 Å². The lowest BCUT2D eigenvalue weighted by atomic mass is 9.72. The van der Waals surface area contributed by atoms with Gasteiger partial charge in [0, 0.05) is 12.2 Å². The number of fused-ring (bicyclic) bond motifs is 2. The van der Waals surface area contributed by atoms with Gasteiger partial charge >= 0.3 is 0 Å². The van der Waals surface area contributed by atoms with E-state index in [0.717, 1.165) is 11.3 Å². The van der Waals surface area contributed by atoms with Crippen LogP contribution in [-0.4, -0.2) is 28.2 Å². The molecule has 5 rings (SSSR count). The first-order chi connectivity index (χ1) is 14.0. The van der Waals surface area contributed by atoms with Crippen molar-refractivity contribution in [1.82, 2.24) is 9.88 Å². The number of likely N-dealkylation sites (tertiary alicyclic amines) is 1. The van der Waals surface area contributed by atoms with Gasteiger partial charge in [0.2, 0.25) is 5.91 Å². The second-order valence-corrected chi connectivity index (χ2v) is 7.43. The molecule has 0 unspecified atom stereocenters. The van der Waals surface area contributed by atoms with Gasteiger partial charge in [0.05, 0.1) is 6.04 Å². The first-order valence-corrected chi connectivity index (χ1v) is 9.40. The van der Waals surface area contributed by atoms with Gasteiger partial charge in [-0.15, -0.1) is 0 Å². The molecule has 146 valence electrons. The highest BCUT2D eigenvalue weighted by Crippen LogP contribution is 2.54. The second-order valence-electron chi connectivity index (χ2n) is 7.43. The zero-order chi connectivity index (χ0) is 20.2. The molecular formula is C22H18FN3O3. The maximum atomic E-state index is 13.6. The van der Waals surface area contributed by atoms with Crippen molar-refractivity contribution in [2.24, 2.45) is 0 Å². The average molecular weight is 391 g/mol. The molecule has 29 heavy (non-hydrogen) atoms. The van der Waals surface area contributed by atoms with Crippen LogP contribution in [0.4, 0.5) is 10.1 Å². The summed E-state index contributed by atoms with van der Waals surface area (Å²) < 4.78 is 18.8. The highest BCUT2D eigenvalue weighted by molar-refractivity contribution is 6.08. The van der Waals surface area contributed by atoms with Crippen molar-refractivity contribution in [3.8, 4) is 0 Å². The van der Waals surface area contributed by atoms with Crippen molar-refractivity contribution >= 4 is 17.5 Å². The number of para-hydroxylation sites is 1. The Kier molecular flexibility index (Phi) is 3.81. The van der Waals surface area contributed by atoms with Crippen molar-refractivity contribution < 1.29 is 18.4 Å². The van der Waals surface area contributed by atoms with E-state index in [1.807, 2.05) is 24.3 Å². The predicted octanol–water partition coefficient (Wildman–Crippen LogP) is 3.60. The number of carbonyl (C=O) groups is 2. The maximum Gasteiger partial charge on any atom is 0.276 e. The van der Waals surface area contributed by atoms with E-state index >= 15 is 0 Å². The summed E-state index contributed by atoms with van der Waals surface area (Å²) in [5.74, 6) is -0.410. The van der Waals surface area contributed by atoms with Gasteiger partial charge in [-0.05, 0) is 42.7 Å². The molecule has 1 N–H and O–H groups in total. The quantitative estimate of drug-likeness (QED) is 0.724. The molecule has 1 aromatic heterocycles. The number of benzene rings is 2. The fourth-order valence-electron chi connectivity index (χ4n) is 4.66. The van der Waals surface area contributed by atoms with Gasteiger partial charge in [-0.2, -0.15) is 0 Å². The van der Waals surface area contributed by atoms with Gasteiger partial charge in [0.25, 0.3) is 5.91 Å². The topological polar surface area (TPSA) is 75.4 Å². The lowest BCUT2D eigenvalue weighted by Gasteiger charge is -2.34. The van der Waals surface area contributed by atoms with Gasteiger partial charge in [-0.1, -0.05) is 30.3 Å². The number of anilines is 1. The summed E-state index contributed by atoms with van der Waals surface area (Å²) in [6, 6.07) is 12.9. The Morgan fingerprint density at radius 1 is 1.24 bits per heavy atom. The van der Waals surface area contributed by atoms with Crippen LogP contribution in [0, 0.1) is 12.7 Å². The van der Waals surface area contributed by atoms with Crippen LogP contribution in [0.3, 0.4) is 0 Å². The van der Waals surface area contributed by atoms with Crippen LogP contribution in [0.2, 0.25) is 0 Å². The molecule has 2 aliphatic heterocycles. The van der Waals surface area contributed by atoms with Crippen LogP contribution in [0.5, 0.6) is 0 Å². The summed E-state index contributed by atoms with van der Waals surface area (Å²) in [6.07, 6.45) is 1.69. The van der Waals surface area contributed by atoms with Crippen molar-refractivity contribution in [3.05, 3.63) is 83.3 Å². The molecule has 0 saturated carbocycles. The Labute approximate surface area is 166 Å². The number of aromatic nitrogens is 1. The molecule has 1 spiro atoms. The molecule has 3 aromatic rings. The van der Waals surface area contributed by atoms with E-state index in [0.29, 0.717) is 24.3 Å². The van der Waals surface area contributed by atoms with Crippen molar-refractivity contribution in [3.63, 3.8) is 0 Å². The summed E-state index contributed by atoms with van der Waals surface area (Å²) in [5.41, 5.74) is 1.58. The van der Waals surface area contributed by atoms with Crippen LogP contribution >= 0.6 is 0 Å². The molecule has 0 aliphatic carbocycles. The Morgan fingerprint density at radius 3 is 2.72 bits per heavy atom. The van der Waals surface area contributed by atoms with Gasteiger partial charge in [0.15, 0.2) is 12.1 Å². The zero-order valence-corrected chi connectivity index (χ0v) is 15.7. The van der Waals surface area contributed by atoms with E-state index < -0.39 is 11.5 Å². The summed E-state index contributed by atoms with van der Waals surface area (Å²) in [6.45, 7) is 2.05. The second kappa shape index (κ2) is 6.27. The third kappa shape index (κ3) is 2.43. The summed E-state index contributed by atoms with van der Waals surface area (Å²) in [4.78, 5) is 32.3. The van der Waals surface area contributed by atoms with E-state index in [4.69, 9.17) is 4.42 Å². The summed E-state index contributed by atoms with van der Waals surface area (Å²) in [5, 5.41) is 2.96. The van der Waals surface area contributed by atoms with Crippen LogP contribution in [0.1, 0.15) is 39.8 Å². The van der Waals surface area contributed by atoms with Gasteiger partial charge in [-0.3, -0.25) is 9.59 Å². The lowest BCUT2D eigenvalue weighted by molar-refractivity contribution is -0.121. The van der Waals surface area contributed by atoms with Crippen molar-refractivity contribution in [2.45, 2.75) is 24.8 Å². The van der Waals surface area contributed by atoms with Crippen molar-refractivity contribution in [1.29, 1.82) is 0 Å². The Morgan fingerprint density at radius 2 is 2.00 bits per heavy atom. The van der Waals surface area contributed by atoms with Crippen LogP contribution in [-0.2, 0) is 10.2 Å². The van der Waals surface area contributed by atoms with Gasteiger partial charge in [0.1, 0.15) is 17.0 Å². The number of nitrogens with zero attached hydrogens (tertiary/aromatic N) is 2. The summed E-state index contributed by atoms with van der Waals surface area (Å²) in [7, 11) is 0. The molecule has 7 heteroatoms. The lowest BCUT2D eigenvalue weighted by Crippen LogP contribution is -2.42. The number of carbonyl (C=O) groups excluding carboxylic acids is 2. The third-order valence-electron chi connectivity index (χ3n) is 5.98. The predicted molar refractivity (Wildman–Crippen MR) is 103 cm³/mol. The van der Waals surface area contributed by atoms with E-state index in [-0.39, 0.29) is 23.3 Å². The minimum Gasteiger partial charge on any atom is -0.448 e. The third-order valence-corrected chi connectivity index (χ3v) is 5.98. The highest BCUT2D eigenvalue weighted by atomic mass is 19.1. The first-order valence-electron chi connectivity index (χ1n) is 9.40. The Bertz CT molecular complexity index is 1120. The van der Waals surface area contributed by atoms with Gasteiger partial charge < -0.3 is 14.6 Å². The standard InChI is InChI=1S/C22H18FN3O3/c1-13-18(24-12-29-13)20(27)26-11-10-22(19(26)14-6-8-15(23)9-7-14)16-4-2-3-5-17(16)25-21(22)28/h2-9,12,19H,10-11H2,1H3,(H,25,28)/t19-,22+/m0/s1. The molecule has 2 amide bonds. The summed E-state index contributed by atoms with van der Waals surface area (Å²) >= 11 is 0. The molecule has 6 nitrogen and oxygen atoms in total. The normalized spacial score (nSPS) is 22.8. The Hall–Kier alpha value is -3.48. The SMILES string of the molecule is Cc1ocnc1C(=O)N1CC[C@]2(C(=O)Nc3ccccc32)[C@@H]1c1ccc(F)cc1. The molecule has 1 saturated heterocycles. The molecule has 0 bridgehead atoms. The van der Waals surface area contributed by atoms with Crippen LogP contribution < -0.4 is 5.32 Å². The average Bonchev–Trinajstić information content (AvgIpc) is 3.40. The molecule has 2 aromatic carbocycles. The fraction of sp³-hybridized carbons (Fsp3) is 0.227. The maximum absolute atomic E-state index is 13.6. The zero-order valence-electron chi connectivity index (χ0n) is 15.7. The number of halogens is 1. The number of aryl methyl sites for hydroxylation is 1. The largest absolute Gasteiger partial charge is 0.448 e. The number of amides is 2. The first kappa shape index (κ1) is 17.6. The molecule has 1 fully saturated rings. The molecule has 2 aliphatic rings. The number of hydrogen-bond donors (Lipinski definition) is 1. The van der Waals surface area contributed by atoms with E-state index in [2.05, 4.69) is 10.3 Å². The van der Waals surface area contributed by atoms with Gasteiger partial charge in [-0.25, -0.2) is 9.37 Å². The number of oxazole rings is 1. The van der Waals surface area contributed by atoms with E-state index in [1.54, 1.807) is 24.0 Å². The minimum atomic E-state index is -0.943. The van der Waals surface area contributed by atoms with E-state index in [9.17, 15) is 14.0 Å². The highest BCUT2D eigenvalue weighted by Gasteiger charge is 2.59. The molecule has 3 heterocycles. The number of nitrogens with one attached hydrogen (secondary N) is 1.